The Labute approximate surface area is 61.1 Å². The molecule has 0 amide bonds. The number of hydrogen-bond acceptors (Lipinski definition) is 1. The van der Waals surface area contributed by atoms with Crippen molar-refractivity contribution in [3.05, 3.63) is 0 Å². The van der Waals surface area contributed by atoms with Crippen LogP contribution in [0.5, 0.6) is 0 Å². The van der Waals surface area contributed by atoms with E-state index in [1.165, 1.54) is 0 Å². The molecule has 0 rings (SSSR count). The summed E-state index contributed by atoms with van der Waals surface area (Å²) >= 11 is 19.9. The molecule has 0 aliphatic rings. The Hall–Kier alpha value is 1.12. The monoisotopic (exact) mass is 182 g/mol. The van der Waals surface area contributed by atoms with E-state index in [1.807, 2.05) is 0 Å². The minimum Gasteiger partial charge on any atom is -0.360 e. The summed E-state index contributed by atoms with van der Waals surface area (Å²) in [6.07, 6.45) is 0. The summed E-state index contributed by atoms with van der Waals surface area (Å²) in [4.78, 5) is -1.17. The molecule has 0 atom stereocenters. The predicted molar refractivity (Wildman–Crippen MR) is 32.1 cm³/mol. The SMILES string of the molecule is OC(Cl)(Cl)C(Cl)Cl. The Morgan fingerprint density at radius 3 is 1.43 bits per heavy atom. The zero-order valence-electron chi connectivity index (χ0n) is 3.04. The summed E-state index contributed by atoms with van der Waals surface area (Å²) in [5.41, 5.74) is 0. The lowest BCUT2D eigenvalue weighted by molar-refractivity contribution is 0.230. The third-order valence-corrected chi connectivity index (χ3v) is 1.78. The van der Waals surface area contributed by atoms with Crippen LogP contribution in [0.25, 0.3) is 0 Å². The van der Waals surface area contributed by atoms with Crippen molar-refractivity contribution < 1.29 is 5.11 Å². The van der Waals surface area contributed by atoms with Crippen LogP contribution in [0.4, 0.5) is 0 Å². The Balaban J connectivity index is 3.54. The third kappa shape index (κ3) is 3.68. The molecule has 0 aromatic carbocycles. The molecular weight excluding hydrogens is 182 g/mol. The van der Waals surface area contributed by atoms with Gasteiger partial charge in [0.25, 0.3) is 0 Å². The van der Waals surface area contributed by atoms with Crippen LogP contribution in [0.2, 0.25) is 0 Å². The zero-order chi connectivity index (χ0) is 6.08. The maximum atomic E-state index is 8.36. The molecule has 0 spiro atoms. The summed E-state index contributed by atoms with van der Waals surface area (Å²) in [5.74, 6) is 0. The molecule has 0 saturated carbocycles. The van der Waals surface area contributed by atoms with E-state index in [1.54, 1.807) is 0 Å². The molecule has 0 aliphatic carbocycles. The minimum absolute atomic E-state index is 1.17. The standard InChI is InChI=1S/C2H2Cl4O/c3-1(4)2(5,6)7/h1,7H. The molecule has 0 unspecified atom stereocenters. The summed E-state index contributed by atoms with van der Waals surface area (Å²) < 4.78 is -2.02. The van der Waals surface area contributed by atoms with Gasteiger partial charge in [-0.1, -0.05) is 46.4 Å². The van der Waals surface area contributed by atoms with E-state index in [0.717, 1.165) is 0 Å². The van der Waals surface area contributed by atoms with Gasteiger partial charge in [-0.3, -0.25) is 0 Å². The molecular formula is C2H2Cl4O. The van der Waals surface area contributed by atoms with Crippen LogP contribution in [0.1, 0.15) is 0 Å². The van der Waals surface area contributed by atoms with Gasteiger partial charge < -0.3 is 5.11 Å². The van der Waals surface area contributed by atoms with Gasteiger partial charge >= 0.3 is 0 Å². The fourth-order valence-corrected chi connectivity index (χ4v) is 0. The summed E-state index contributed by atoms with van der Waals surface area (Å²) in [6.45, 7) is 0. The van der Waals surface area contributed by atoms with Crippen molar-refractivity contribution in [1.82, 2.24) is 0 Å². The molecule has 0 bridgehead atoms. The van der Waals surface area contributed by atoms with Crippen molar-refractivity contribution in [1.29, 1.82) is 0 Å². The largest absolute Gasteiger partial charge is 0.360 e. The zero-order valence-corrected chi connectivity index (χ0v) is 6.06. The molecule has 0 saturated heterocycles. The van der Waals surface area contributed by atoms with Gasteiger partial charge in [-0.2, -0.15) is 0 Å². The van der Waals surface area contributed by atoms with Gasteiger partial charge in [0.1, 0.15) is 0 Å². The second kappa shape index (κ2) is 2.60. The molecule has 1 nitrogen and oxygen atoms in total. The first kappa shape index (κ1) is 8.12. The van der Waals surface area contributed by atoms with E-state index in [-0.39, 0.29) is 0 Å². The lowest BCUT2D eigenvalue weighted by atomic mass is 10.8. The number of rotatable bonds is 1. The molecule has 0 aliphatic heterocycles. The Kier molecular flexibility index (Phi) is 3.02. The van der Waals surface area contributed by atoms with Gasteiger partial charge in [0.15, 0.2) is 4.84 Å². The van der Waals surface area contributed by atoms with E-state index in [0.29, 0.717) is 0 Å². The number of aliphatic hydroxyl groups is 1. The number of alkyl halides is 4. The Morgan fingerprint density at radius 1 is 1.29 bits per heavy atom. The summed E-state index contributed by atoms with van der Waals surface area (Å²) in [7, 11) is 0. The lowest BCUT2D eigenvalue weighted by Crippen LogP contribution is -2.19. The Morgan fingerprint density at radius 2 is 1.43 bits per heavy atom. The van der Waals surface area contributed by atoms with Crippen LogP contribution in [0.3, 0.4) is 0 Å². The van der Waals surface area contributed by atoms with Crippen LogP contribution in [0, 0.1) is 0 Å². The van der Waals surface area contributed by atoms with E-state index >= 15 is 0 Å². The average Bonchev–Trinajstić information content (AvgIpc) is 1.31. The first-order chi connectivity index (χ1) is 2.94. The van der Waals surface area contributed by atoms with Gasteiger partial charge in [-0.25, -0.2) is 0 Å². The normalized spacial score (nSPS) is 12.9. The highest BCUT2D eigenvalue weighted by Gasteiger charge is 2.27. The molecule has 44 valence electrons. The first-order valence-electron chi connectivity index (χ1n) is 1.33. The van der Waals surface area contributed by atoms with Gasteiger partial charge in [0.05, 0.1) is 0 Å². The molecule has 0 radical (unpaired) electrons. The highest BCUT2D eigenvalue weighted by atomic mass is 35.5. The van der Waals surface area contributed by atoms with Gasteiger partial charge in [0, 0.05) is 0 Å². The van der Waals surface area contributed by atoms with Crippen molar-refractivity contribution in [2.45, 2.75) is 9.36 Å². The molecule has 0 heterocycles. The molecule has 0 aromatic heterocycles. The summed E-state index contributed by atoms with van der Waals surface area (Å²) in [5, 5.41) is 8.36. The van der Waals surface area contributed by atoms with Crippen molar-refractivity contribution >= 4 is 46.4 Å². The topological polar surface area (TPSA) is 20.2 Å². The fourth-order valence-electron chi connectivity index (χ4n) is 0. The van der Waals surface area contributed by atoms with Gasteiger partial charge in [-0.15, -0.1) is 0 Å². The van der Waals surface area contributed by atoms with Crippen molar-refractivity contribution in [3.8, 4) is 0 Å². The number of halogens is 4. The van der Waals surface area contributed by atoms with E-state index in [2.05, 4.69) is 0 Å². The molecule has 1 N–H and O–H groups in total. The molecule has 0 fully saturated rings. The second-order valence-electron chi connectivity index (χ2n) is 0.888. The van der Waals surface area contributed by atoms with E-state index < -0.39 is 9.36 Å². The lowest BCUT2D eigenvalue weighted by Gasteiger charge is -2.10. The van der Waals surface area contributed by atoms with E-state index in [4.69, 9.17) is 51.5 Å². The average molecular weight is 184 g/mol. The predicted octanol–water partition coefficient (Wildman–Crippen LogP) is 1.91. The minimum atomic E-state index is -2.02. The van der Waals surface area contributed by atoms with Crippen molar-refractivity contribution in [2.24, 2.45) is 0 Å². The van der Waals surface area contributed by atoms with Crippen LogP contribution >= 0.6 is 46.4 Å². The van der Waals surface area contributed by atoms with Crippen LogP contribution in [-0.2, 0) is 0 Å². The van der Waals surface area contributed by atoms with Crippen molar-refractivity contribution in [2.75, 3.05) is 0 Å². The summed E-state index contributed by atoms with van der Waals surface area (Å²) in [6, 6.07) is 0. The second-order valence-corrected chi connectivity index (χ2v) is 3.33. The fraction of sp³-hybridized carbons (Fsp3) is 1.00. The highest BCUT2D eigenvalue weighted by Crippen LogP contribution is 2.28. The number of hydrogen-bond donors (Lipinski definition) is 1. The van der Waals surface area contributed by atoms with E-state index in [9.17, 15) is 0 Å². The van der Waals surface area contributed by atoms with Crippen LogP contribution in [0.15, 0.2) is 0 Å². The van der Waals surface area contributed by atoms with Gasteiger partial charge in [0.2, 0.25) is 4.52 Å². The molecule has 7 heavy (non-hydrogen) atoms. The van der Waals surface area contributed by atoms with Crippen LogP contribution in [-0.4, -0.2) is 14.5 Å². The quantitative estimate of drug-likeness (QED) is 0.617. The molecule has 0 aromatic rings. The smallest absolute Gasteiger partial charge is 0.245 e. The Bertz CT molecular complexity index is 55.2. The van der Waals surface area contributed by atoms with Gasteiger partial charge in [-0.05, 0) is 0 Å². The molecule has 5 heteroatoms. The van der Waals surface area contributed by atoms with Crippen LogP contribution < -0.4 is 0 Å². The third-order valence-electron chi connectivity index (χ3n) is 0.263. The first-order valence-corrected chi connectivity index (χ1v) is 2.96. The maximum Gasteiger partial charge on any atom is 0.245 e. The maximum absolute atomic E-state index is 8.36. The van der Waals surface area contributed by atoms with Crippen molar-refractivity contribution in [3.63, 3.8) is 0 Å². The highest BCUT2D eigenvalue weighted by molar-refractivity contribution is 6.58.